The van der Waals surface area contributed by atoms with Gasteiger partial charge in [-0.05, 0) is 37.5 Å². The predicted octanol–water partition coefficient (Wildman–Crippen LogP) is 4.01. The molecule has 0 aromatic heterocycles. The second-order valence-corrected chi connectivity index (χ2v) is 6.41. The van der Waals surface area contributed by atoms with E-state index in [2.05, 4.69) is 26.6 Å². The molecule has 0 saturated heterocycles. The molecule has 0 unspecified atom stereocenters. The highest BCUT2D eigenvalue weighted by Crippen LogP contribution is 2.20. The van der Waals surface area contributed by atoms with E-state index in [1.165, 1.54) is 37.7 Å². The zero-order valence-corrected chi connectivity index (χ0v) is 13.6. The van der Waals surface area contributed by atoms with Gasteiger partial charge in [0.05, 0.1) is 0 Å². The smallest absolute Gasteiger partial charge is 0.225 e. The molecule has 4 heteroatoms. The summed E-state index contributed by atoms with van der Waals surface area (Å²) in [7, 11) is 0. The number of hydrogen-bond donors (Lipinski definition) is 2. The molecule has 1 saturated carbocycles. The van der Waals surface area contributed by atoms with E-state index >= 15 is 0 Å². The number of nitrogens with one attached hydrogen (secondary N) is 2. The fourth-order valence-corrected chi connectivity index (χ4v) is 2.97. The molecule has 20 heavy (non-hydrogen) atoms. The van der Waals surface area contributed by atoms with E-state index in [-0.39, 0.29) is 5.91 Å². The van der Waals surface area contributed by atoms with Crippen molar-refractivity contribution < 1.29 is 4.79 Å². The van der Waals surface area contributed by atoms with Crippen LogP contribution in [0.4, 0.5) is 5.69 Å². The number of carbonyl (C=O) groups excluding carboxylic acids is 1. The Morgan fingerprint density at radius 3 is 2.75 bits per heavy atom. The molecule has 1 fully saturated rings. The number of benzene rings is 1. The summed E-state index contributed by atoms with van der Waals surface area (Å²) in [4.78, 5) is 11.9. The molecule has 0 spiro atoms. The summed E-state index contributed by atoms with van der Waals surface area (Å²) in [5.41, 5.74) is 2.02. The van der Waals surface area contributed by atoms with Gasteiger partial charge in [-0.3, -0.25) is 4.79 Å². The van der Waals surface area contributed by atoms with E-state index in [9.17, 15) is 4.79 Å². The first kappa shape index (κ1) is 15.5. The molecule has 0 aliphatic heterocycles. The van der Waals surface area contributed by atoms with Gasteiger partial charge in [-0.2, -0.15) is 0 Å². The van der Waals surface area contributed by atoms with Gasteiger partial charge in [-0.15, -0.1) is 0 Å². The number of rotatable bonds is 5. The van der Waals surface area contributed by atoms with Crippen molar-refractivity contribution in [2.45, 2.75) is 51.5 Å². The van der Waals surface area contributed by atoms with E-state index in [4.69, 9.17) is 0 Å². The lowest BCUT2D eigenvalue weighted by Gasteiger charge is -2.22. The van der Waals surface area contributed by atoms with Crippen LogP contribution in [0.1, 0.15) is 44.1 Å². The van der Waals surface area contributed by atoms with Crippen LogP contribution in [0.5, 0.6) is 0 Å². The second-order valence-electron chi connectivity index (χ2n) is 5.55. The summed E-state index contributed by atoms with van der Waals surface area (Å²) >= 11 is 3.48. The summed E-state index contributed by atoms with van der Waals surface area (Å²) in [6.45, 7) is 2.80. The van der Waals surface area contributed by atoms with E-state index in [1.54, 1.807) is 0 Å². The number of aryl methyl sites for hydroxylation is 1. The average molecular weight is 339 g/mol. The fourth-order valence-electron chi connectivity index (χ4n) is 2.59. The van der Waals surface area contributed by atoms with Crippen LogP contribution in [0.15, 0.2) is 22.7 Å². The first-order valence-corrected chi connectivity index (χ1v) is 8.24. The van der Waals surface area contributed by atoms with E-state index in [1.807, 2.05) is 25.1 Å². The summed E-state index contributed by atoms with van der Waals surface area (Å²) < 4.78 is 1.02. The highest BCUT2D eigenvalue weighted by atomic mass is 79.9. The molecular weight excluding hydrogens is 316 g/mol. The van der Waals surface area contributed by atoms with Crippen LogP contribution in [0, 0.1) is 6.92 Å². The molecule has 0 bridgehead atoms. The van der Waals surface area contributed by atoms with Crippen molar-refractivity contribution in [3.63, 3.8) is 0 Å². The van der Waals surface area contributed by atoms with Gasteiger partial charge in [0.1, 0.15) is 0 Å². The fraction of sp³-hybridized carbons (Fsp3) is 0.562. The van der Waals surface area contributed by atoms with Gasteiger partial charge in [0.2, 0.25) is 5.91 Å². The van der Waals surface area contributed by atoms with Gasteiger partial charge in [0.15, 0.2) is 0 Å². The maximum Gasteiger partial charge on any atom is 0.225 e. The number of hydrogen-bond acceptors (Lipinski definition) is 2. The molecular formula is C16H23BrN2O. The van der Waals surface area contributed by atoms with E-state index in [0.29, 0.717) is 12.5 Å². The third-order valence-electron chi connectivity index (χ3n) is 3.85. The lowest BCUT2D eigenvalue weighted by atomic mass is 9.95. The zero-order chi connectivity index (χ0) is 14.4. The molecule has 1 amide bonds. The first-order valence-electron chi connectivity index (χ1n) is 7.44. The van der Waals surface area contributed by atoms with Crippen molar-refractivity contribution in [2.24, 2.45) is 0 Å². The third-order valence-corrected chi connectivity index (χ3v) is 4.70. The lowest BCUT2D eigenvalue weighted by Crippen LogP contribution is -2.33. The molecule has 1 aliphatic carbocycles. The molecule has 1 aromatic rings. The molecule has 110 valence electrons. The Balaban J connectivity index is 1.70. The maximum absolute atomic E-state index is 11.9. The summed E-state index contributed by atoms with van der Waals surface area (Å²) in [5, 5.41) is 6.43. The van der Waals surface area contributed by atoms with Crippen LogP contribution < -0.4 is 10.6 Å². The molecule has 0 radical (unpaired) electrons. The Labute approximate surface area is 129 Å². The van der Waals surface area contributed by atoms with Gasteiger partial charge < -0.3 is 10.6 Å². The molecule has 0 heterocycles. The number of halogens is 1. The van der Waals surface area contributed by atoms with Crippen LogP contribution in [-0.2, 0) is 4.79 Å². The molecule has 2 rings (SSSR count). The molecule has 1 aliphatic rings. The molecule has 2 N–H and O–H groups in total. The SMILES string of the molecule is Cc1ccc(NC(=O)CCNC2CCCCC2)cc1Br. The largest absolute Gasteiger partial charge is 0.326 e. The average Bonchev–Trinajstić information content (AvgIpc) is 2.44. The number of amides is 1. The van der Waals surface area contributed by atoms with E-state index < -0.39 is 0 Å². The topological polar surface area (TPSA) is 41.1 Å². The standard InChI is InChI=1S/C16H23BrN2O/c1-12-7-8-14(11-15(12)17)19-16(20)9-10-18-13-5-3-2-4-6-13/h7-8,11,13,18H,2-6,9-10H2,1H3,(H,19,20). The van der Waals surface area contributed by atoms with Crippen LogP contribution in [0.3, 0.4) is 0 Å². The van der Waals surface area contributed by atoms with Gasteiger partial charge in [0, 0.05) is 29.2 Å². The van der Waals surface area contributed by atoms with Crippen molar-refractivity contribution in [3.05, 3.63) is 28.2 Å². The van der Waals surface area contributed by atoms with Crippen LogP contribution >= 0.6 is 15.9 Å². The van der Waals surface area contributed by atoms with Crippen molar-refractivity contribution in [3.8, 4) is 0 Å². The predicted molar refractivity (Wildman–Crippen MR) is 87.0 cm³/mol. The highest BCUT2D eigenvalue weighted by Gasteiger charge is 2.12. The Morgan fingerprint density at radius 1 is 1.30 bits per heavy atom. The van der Waals surface area contributed by atoms with Gasteiger partial charge >= 0.3 is 0 Å². The van der Waals surface area contributed by atoms with Crippen molar-refractivity contribution in [1.82, 2.24) is 5.32 Å². The highest BCUT2D eigenvalue weighted by molar-refractivity contribution is 9.10. The summed E-state index contributed by atoms with van der Waals surface area (Å²) in [5.74, 6) is 0.0732. The van der Waals surface area contributed by atoms with E-state index in [0.717, 1.165) is 16.7 Å². The third kappa shape index (κ3) is 4.91. The van der Waals surface area contributed by atoms with Crippen molar-refractivity contribution >= 4 is 27.5 Å². The van der Waals surface area contributed by atoms with Gasteiger partial charge in [0.25, 0.3) is 0 Å². The normalized spacial score (nSPS) is 16.1. The van der Waals surface area contributed by atoms with Crippen LogP contribution in [0.2, 0.25) is 0 Å². The minimum absolute atomic E-state index is 0.0732. The molecule has 3 nitrogen and oxygen atoms in total. The Hall–Kier alpha value is -0.870. The maximum atomic E-state index is 11.9. The van der Waals surface area contributed by atoms with Crippen LogP contribution in [0.25, 0.3) is 0 Å². The Morgan fingerprint density at radius 2 is 2.05 bits per heavy atom. The second kappa shape index (κ2) is 7.79. The quantitative estimate of drug-likeness (QED) is 0.851. The van der Waals surface area contributed by atoms with Gasteiger partial charge in [-0.1, -0.05) is 41.3 Å². The molecule has 0 atom stereocenters. The number of anilines is 1. The lowest BCUT2D eigenvalue weighted by molar-refractivity contribution is -0.116. The molecule has 1 aromatic carbocycles. The van der Waals surface area contributed by atoms with Crippen molar-refractivity contribution in [1.29, 1.82) is 0 Å². The van der Waals surface area contributed by atoms with Crippen molar-refractivity contribution in [2.75, 3.05) is 11.9 Å². The Bertz CT molecular complexity index is 456. The summed E-state index contributed by atoms with van der Waals surface area (Å²) in [6.07, 6.45) is 7.05. The number of carbonyl (C=O) groups is 1. The minimum atomic E-state index is 0.0732. The van der Waals surface area contributed by atoms with Crippen LogP contribution in [-0.4, -0.2) is 18.5 Å². The minimum Gasteiger partial charge on any atom is -0.326 e. The zero-order valence-electron chi connectivity index (χ0n) is 12.0. The van der Waals surface area contributed by atoms with Gasteiger partial charge in [-0.25, -0.2) is 0 Å². The Kier molecular flexibility index (Phi) is 6.05. The first-order chi connectivity index (χ1) is 9.65. The summed E-state index contributed by atoms with van der Waals surface area (Å²) in [6, 6.07) is 6.50. The monoisotopic (exact) mass is 338 g/mol.